The summed E-state index contributed by atoms with van der Waals surface area (Å²) in [6, 6.07) is 22.4. The average Bonchev–Trinajstić information content (AvgIpc) is 3.34. The van der Waals surface area contributed by atoms with Crippen molar-refractivity contribution in [1.29, 1.82) is 0 Å². The summed E-state index contributed by atoms with van der Waals surface area (Å²) in [6.07, 6.45) is 4.80. The van der Waals surface area contributed by atoms with E-state index in [1.54, 1.807) is 0 Å². The van der Waals surface area contributed by atoms with E-state index < -0.39 is 0 Å². The average molecular weight is 412 g/mol. The molecule has 3 aromatic carbocycles. The lowest BCUT2D eigenvalue weighted by Gasteiger charge is -2.17. The van der Waals surface area contributed by atoms with Gasteiger partial charge in [0.15, 0.2) is 0 Å². The van der Waals surface area contributed by atoms with Crippen molar-refractivity contribution in [2.75, 3.05) is 18.0 Å². The molecule has 1 heterocycles. The van der Waals surface area contributed by atoms with Gasteiger partial charge in [-0.3, -0.25) is 0 Å². The maximum absolute atomic E-state index is 4.41. The second kappa shape index (κ2) is 10.1. The molecule has 0 aromatic heterocycles. The fourth-order valence-corrected chi connectivity index (χ4v) is 3.76. The maximum atomic E-state index is 4.41. The quantitative estimate of drug-likeness (QED) is 0.360. The summed E-state index contributed by atoms with van der Waals surface area (Å²) in [5.74, 6) is 0. The van der Waals surface area contributed by atoms with Crippen LogP contribution in [0.2, 0.25) is 0 Å². The largest absolute Gasteiger partial charge is 0.372 e. The van der Waals surface area contributed by atoms with Crippen molar-refractivity contribution in [2.24, 2.45) is 20.5 Å². The molecule has 31 heavy (non-hydrogen) atoms. The van der Waals surface area contributed by atoms with Crippen molar-refractivity contribution in [3.8, 4) is 0 Å². The van der Waals surface area contributed by atoms with Crippen LogP contribution in [0.25, 0.3) is 0 Å². The first-order chi connectivity index (χ1) is 15.2. The van der Waals surface area contributed by atoms with Gasteiger partial charge in [0, 0.05) is 18.8 Å². The molecule has 0 amide bonds. The van der Waals surface area contributed by atoms with Crippen LogP contribution in [0.3, 0.4) is 0 Å². The zero-order valence-electron chi connectivity index (χ0n) is 18.3. The third-order valence-corrected chi connectivity index (χ3v) is 5.53. The molecule has 0 unspecified atom stereocenters. The Morgan fingerprint density at radius 1 is 0.710 bits per heavy atom. The molecule has 0 spiro atoms. The molecule has 0 bridgehead atoms. The SMILES string of the molecule is CCCc1ccc(/N=N/c2ccc(/N=N/c3ccc(N4CCCC4)cc3)cc2C)cc1. The van der Waals surface area contributed by atoms with Crippen LogP contribution in [0.15, 0.2) is 87.2 Å². The molecule has 0 saturated carbocycles. The zero-order valence-corrected chi connectivity index (χ0v) is 18.3. The van der Waals surface area contributed by atoms with Crippen LogP contribution in [-0.4, -0.2) is 13.1 Å². The number of anilines is 1. The van der Waals surface area contributed by atoms with Crippen LogP contribution in [0.1, 0.15) is 37.3 Å². The fraction of sp³-hybridized carbons (Fsp3) is 0.308. The van der Waals surface area contributed by atoms with Crippen LogP contribution >= 0.6 is 0 Å². The predicted octanol–water partition coefficient (Wildman–Crippen LogP) is 8.38. The molecule has 1 saturated heterocycles. The molecule has 3 aromatic rings. The van der Waals surface area contributed by atoms with Crippen LogP contribution in [0.5, 0.6) is 0 Å². The van der Waals surface area contributed by atoms with Crippen molar-refractivity contribution in [1.82, 2.24) is 0 Å². The summed E-state index contributed by atoms with van der Waals surface area (Å²) in [7, 11) is 0. The monoisotopic (exact) mass is 411 g/mol. The van der Waals surface area contributed by atoms with Gasteiger partial charge in [-0.15, -0.1) is 0 Å². The van der Waals surface area contributed by atoms with E-state index in [2.05, 4.69) is 56.5 Å². The van der Waals surface area contributed by atoms with E-state index in [9.17, 15) is 0 Å². The summed E-state index contributed by atoms with van der Waals surface area (Å²) < 4.78 is 0. The normalized spacial score (nSPS) is 14.2. The molecule has 5 nitrogen and oxygen atoms in total. The molecule has 1 fully saturated rings. The molecule has 0 radical (unpaired) electrons. The van der Waals surface area contributed by atoms with Crippen LogP contribution in [-0.2, 0) is 6.42 Å². The van der Waals surface area contributed by atoms with Gasteiger partial charge in [-0.25, -0.2) is 0 Å². The van der Waals surface area contributed by atoms with E-state index in [1.165, 1.54) is 24.1 Å². The van der Waals surface area contributed by atoms with Crippen molar-refractivity contribution in [3.63, 3.8) is 0 Å². The molecule has 4 rings (SSSR count). The Balaban J connectivity index is 1.39. The first-order valence-corrected chi connectivity index (χ1v) is 11.1. The number of hydrogen-bond donors (Lipinski definition) is 0. The van der Waals surface area contributed by atoms with E-state index in [1.807, 2.05) is 49.4 Å². The molecule has 5 heteroatoms. The predicted molar refractivity (Wildman–Crippen MR) is 128 cm³/mol. The van der Waals surface area contributed by atoms with Crippen LogP contribution in [0, 0.1) is 6.92 Å². The Hall–Kier alpha value is -3.34. The summed E-state index contributed by atoms with van der Waals surface area (Å²) in [5, 5.41) is 17.6. The standard InChI is InChI=1S/C26H29N5/c1-3-6-21-7-9-22(10-8-21)28-30-26-16-13-24(19-20(26)2)29-27-23-11-14-25(15-12-23)31-17-4-5-18-31/h7-16,19H,3-6,17-18H2,1-2H3/b29-27+,30-28+. The minimum absolute atomic E-state index is 0.809. The zero-order chi connectivity index (χ0) is 21.5. The van der Waals surface area contributed by atoms with E-state index in [4.69, 9.17) is 0 Å². The molecule has 0 aliphatic carbocycles. The smallest absolute Gasteiger partial charge is 0.0887 e. The van der Waals surface area contributed by atoms with Gasteiger partial charge in [0.1, 0.15) is 0 Å². The lowest BCUT2D eigenvalue weighted by molar-refractivity contribution is 0.922. The summed E-state index contributed by atoms with van der Waals surface area (Å²) in [4.78, 5) is 2.41. The van der Waals surface area contributed by atoms with Gasteiger partial charge in [-0.05, 0) is 91.9 Å². The first-order valence-electron chi connectivity index (χ1n) is 11.1. The van der Waals surface area contributed by atoms with Gasteiger partial charge < -0.3 is 4.90 Å². The highest BCUT2D eigenvalue weighted by molar-refractivity contribution is 5.55. The number of hydrogen-bond acceptors (Lipinski definition) is 5. The van der Waals surface area contributed by atoms with Gasteiger partial charge in [-0.2, -0.15) is 20.5 Å². The van der Waals surface area contributed by atoms with Crippen LogP contribution < -0.4 is 4.90 Å². The fourth-order valence-electron chi connectivity index (χ4n) is 3.76. The lowest BCUT2D eigenvalue weighted by atomic mass is 10.1. The Morgan fingerprint density at radius 3 is 1.94 bits per heavy atom. The van der Waals surface area contributed by atoms with E-state index >= 15 is 0 Å². The van der Waals surface area contributed by atoms with E-state index in [-0.39, 0.29) is 0 Å². The molecule has 0 atom stereocenters. The Labute approximate surface area is 184 Å². The molecule has 0 N–H and O–H groups in total. The molecular formula is C26H29N5. The highest BCUT2D eigenvalue weighted by Gasteiger charge is 2.11. The Bertz CT molecular complexity index is 1050. The second-order valence-electron chi connectivity index (χ2n) is 8.00. The Kier molecular flexibility index (Phi) is 6.82. The second-order valence-corrected chi connectivity index (χ2v) is 8.00. The summed E-state index contributed by atoms with van der Waals surface area (Å²) >= 11 is 0. The van der Waals surface area contributed by atoms with Crippen molar-refractivity contribution >= 4 is 28.4 Å². The first kappa shape index (κ1) is 20.9. The number of rotatable bonds is 7. The number of nitrogens with zero attached hydrogens (tertiary/aromatic N) is 5. The summed E-state index contributed by atoms with van der Waals surface area (Å²) in [6.45, 7) is 6.50. The van der Waals surface area contributed by atoms with Gasteiger partial charge in [0.2, 0.25) is 0 Å². The Morgan fingerprint density at radius 2 is 1.29 bits per heavy atom. The molecule has 1 aliphatic heterocycles. The topological polar surface area (TPSA) is 52.7 Å². The lowest BCUT2D eigenvalue weighted by Crippen LogP contribution is -2.17. The van der Waals surface area contributed by atoms with E-state index in [0.717, 1.165) is 54.2 Å². The van der Waals surface area contributed by atoms with E-state index in [0.29, 0.717) is 0 Å². The van der Waals surface area contributed by atoms with Gasteiger partial charge >= 0.3 is 0 Å². The van der Waals surface area contributed by atoms with Crippen LogP contribution in [0.4, 0.5) is 28.4 Å². The highest BCUT2D eigenvalue weighted by Crippen LogP contribution is 2.28. The van der Waals surface area contributed by atoms with Crippen molar-refractivity contribution in [2.45, 2.75) is 39.5 Å². The molecular weight excluding hydrogens is 382 g/mol. The van der Waals surface area contributed by atoms with Crippen molar-refractivity contribution < 1.29 is 0 Å². The number of aryl methyl sites for hydroxylation is 2. The minimum atomic E-state index is 0.809. The maximum Gasteiger partial charge on any atom is 0.0887 e. The molecule has 158 valence electrons. The number of benzene rings is 3. The van der Waals surface area contributed by atoms with Gasteiger partial charge in [0.25, 0.3) is 0 Å². The van der Waals surface area contributed by atoms with Gasteiger partial charge in [0.05, 0.1) is 22.7 Å². The highest BCUT2D eigenvalue weighted by atomic mass is 15.1. The van der Waals surface area contributed by atoms with Crippen molar-refractivity contribution in [3.05, 3.63) is 77.9 Å². The third-order valence-electron chi connectivity index (χ3n) is 5.53. The third kappa shape index (κ3) is 5.63. The van der Waals surface area contributed by atoms with Gasteiger partial charge in [-0.1, -0.05) is 25.5 Å². The minimum Gasteiger partial charge on any atom is -0.372 e. The molecule has 1 aliphatic rings. The summed E-state index contributed by atoms with van der Waals surface area (Å²) in [5.41, 5.74) is 6.99. The number of azo groups is 2.